The van der Waals surface area contributed by atoms with Gasteiger partial charge in [-0.25, -0.2) is 9.59 Å². The minimum atomic E-state index is -5.08. The van der Waals surface area contributed by atoms with Crippen LogP contribution in [0.15, 0.2) is 4.79 Å². The van der Waals surface area contributed by atoms with Crippen molar-refractivity contribution < 1.29 is 27.8 Å². The molecule has 1 aliphatic rings. The lowest BCUT2D eigenvalue weighted by atomic mass is 10.3. The zero-order chi connectivity index (χ0) is 23.2. The number of anilines is 1. The molecule has 1 fully saturated rings. The fourth-order valence-electron chi connectivity index (χ4n) is 2.85. The molecule has 3 heterocycles. The molecule has 2 N–H and O–H groups in total. The summed E-state index contributed by atoms with van der Waals surface area (Å²) in [5.74, 6) is 3.78. The van der Waals surface area contributed by atoms with Crippen molar-refractivity contribution in [2.24, 2.45) is 7.05 Å². The van der Waals surface area contributed by atoms with Gasteiger partial charge in [0.05, 0.1) is 13.2 Å². The molecule has 2 aromatic rings. The Labute approximate surface area is 175 Å². The van der Waals surface area contributed by atoms with Gasteiger partial charge in [-0.2, -0.15) is 23.1 Å². The molecule has 13 heteroatoms. The second-order valence-corrected chi connectivity index (χ2v) is 6.33. The highest BCUT2D eigenvalue weighted by molar-refractivity contribution is 5.85. The molecule has 2 aromatic heterocycles. The monoisotopic (exact) mass is 444 g/mol. The maximum Gasteiger partial charge on any atom is 0.490 e. The van der Waals surface area contributed by atoms with Gasteiger partial charge >= 0.3 is 23.8 Å². The summed E-state index contributed by atoms with van der Waals surface area (Å²) in [7, 11) is 1.71. The summed E-state index contributed by atoms with van der Waals surface area (Å²) in [6.07, 6.45) is -5.08. The molecule has 0 amide bonds. The molecular formula is C18H23F3N6O4. The third-order valence-electron chi connectivity index (χ3n) is 4.28. The number of rotatable bonds is 4. The Morgan fingerprint density at radius 1 is 1.29 bits per heavy atom. The Morgan fingerprint density at radius 2 is 1.90 bits per heavy atom. The lowest BCUT2D eigenvalue weighted by Gasteiger charge is -2.29. The van der Waals surface area contributed by atoms with Gasteiger partial charge in [0.25, 0.3) is 0 Å². The van der Waals surface area contributed by atoms with Gasteiger partial charge in [-0.05, 0) is 13.8 Å². The molecule has 0 radical (unpaired) electrons. The first-order chi connectivity index (χ1) is 14.6. The van der Waals surface area contributed by atoms with Crippen molar-refractivity contribution in [1.29, 1.82) is 0 Å². The number of carboxylic acids is 1. The third kappa shape index (κ3) is 5.66. The highest BCUT2D eigenvalue weighted by Crippen LogP contribution is 2.26. The molecule has 1 aliphatic heterocycles. The van der Waals surface area contributed by atoms with Gasteiger partial charge in [-0.15, -0.1) is 5.92 Å². The number of fused-ring (bicyclic) bond motifs is 1. The number of aliphatic carboxylic acids is 1. The summed E-state index contributed by atoms with van der Waals surface area (Å²) in [5.41, 5.74) is 1.15. The number of piperazine rings is 1. The van der Waals surface area contributed by atoms with E-state index in [9.17, 15) is 18.0 Å². The summed E-state index contributed by atoms with van der Waals surface area (Å²) in [6.45, 7) is 7.84. The van der Waals surface area contributed by atoms with Crippen LogP contribution >= 0.6 is 0 Å². The van der Waals surface area contributed by atoms with E-state index < -0.39 is 12.1 Å². The zero-order valence-electron chi connectivity index (χ0n) is 17.3. The first-order valence-corrected chi connectivity index (χ1v) is 9.37. The second-order valence-electron chi connectivity index (χ2n) is 6.33. The first-order valence-electron chi connectivity index (χ1n) is 9.37. The SMILES string of the molecule is CC#CCn1c(=O)n(C)c2nc(OCC)nc(N3CCNCC3)c21.O=C(O)C(F)(F)F. The molecule has 170 valence electrons. The van der Waals surface area contributed by atoms with Gasteiger partial charge in [-0.3, -0.25) is 9.13 Å². The number of nitrogens with zero attached hydrogens (tertiary/aromatic N) is 5. The highest BCUT2D eigenvalue weighted by Gasteiger charge is 2.38. The smallest absolute Gasteiger partial charge is 0.475 e. The largest absolute Gasteiger partial charge is 0.490 e. The zero-order valence-corrected chi connectivity index (χ0v) is 17.3. The van der Waals surface area contributed by atoms with Crippen LogP contribution in [0.1, 0.15) is 13.8 Å². The molecule has 0 spiro atoms. The molecule has 0 saturated carbocycles. The van der Waals surface area contributed by atoms with Crippen molar-refractivity contribution in [2.75, 3.05) is 37.7 Å². The fraction of sp³-hybridized carbons (Fsp3) is 0.556. The number of halogens is 3. The molecule has 3 rings (SSSR count). The molecular weight excluding hydrogens is 421 g/mol. The molecule has 0 bridgehead atoms. The predicted molar refractivity (Wildman–Crippen MR) is 106 cm³/mol. The Hall–Kier alpha value is -3.27. The van der Waals surface area contributed by atoms with Gasteiger partial charge in [0.15, 0.2) is 11.5 Å². The van der Waals surface area contributed by atoms with Crippen LogP contribution in [0.3, 0.4) is 0 Å². The van der Waals surface area contributed by atoms with Crippen LogP contribution in [0.25, 0.3) is 11.2 Å². The molecule has 1 saturated heterocycles. The van der Waals surface area contributed by atoms with E-state index in [4.69, 9.17) is 14.6 Å². The van der Waals surface area contributed by atoms with Crippen LogP contribution in [0.2, 0.25) is 0 Å². The Balaban J connectivity index is 0.000000423. The van der Waals surface area contributed by atoms with Crippen LogP contribution in [0.4, 0.5) is 19.0 Å². The van der Waals surface area contributed by atoms with E-state index in [-0.39, 0.29) is 5.69 Å². The van der Waals surface area contributed by atoms with Gasteiger partial charge in [0.1, 0.15) is 5.52 Å². The van der Waals surface area contributed by atoms with E-state index >= 15 is 0 Å². The number of carboxylic acid groups (broad SMARTS) is 1. The number of hydrogen-bond donors (Lipinski definition) is 2. The molecule has 0 atom stereocenters. The van der Waals surface area contributed by atoms with Crippen molar-refractivity contribution in [3.05, 3.63) is 10.5 Å². The third-order valence-corrected chi connectivity index (χ3v) is 4.28. The Kier molecular flexibility index (Phi) is 7.87. The summed E-state index contributed by atoms with van der Waals surface area (Å²) >= 11 is 0. The van der Waals surface area contributed by atoms with E-state index in [0.29, 0.717) is 24.8 Å². The molecule has 0 aromatic carbocycles. The Bertz CT molecular complexity index is 1040. The lowest BCUT2D eigenvalue weighted by Crippen LogP contribution is -2.44. The van der Waals surface area contributed by atoms with Crippen molar-refractivity contribution in [3.8, 4) is 17.9 Å². The van der Waals surface area contributed by atoms with Crippen LogP contribution < -0.4 is 20.6 Å². The predicted octanol–water partition coefficient (Wildman–Crippen LogP) is 0.595. The molecule has 0 unspecified atom stereocenters. The minimum absolute atomic E-state index is 0.146. The van der Waals surface area contributed by atoms with Crippen molar-refractivity contribution in [2.45, 2.75) is 26.6 Å². The van der Waals surface area contributed by atoms with Gasteiger partial charge in [-0.1, -0.05) is 5.92 Å². The van der Waals surface area contributed by atoms with Gasteiger partial charge in [0.2, 0.25) is 0 Å². The first kappa shape index (κ1) is 24.0. The van der Waals surface area contributed by atoms with Crippen LogP contribution in [0, 0.1) is 11.8 Å². The number of aromatic nitrogens is 4. The Morgan fingerprint density at radius 3 is 2.42 bits per heavy atom. The average Bonchev–Trinajstić information content (AvgIpc) is 2.97. The summed E-state index contributed by atoms with van der Waals surface area (Å²) < 4.78 is 40.4. The van der Waals surface area contributed by atoms with Crippen LogP contribution in [-0.2, 0) is 18.4 Å². The molecule has 31 heavy (non-hydrogen) atoms. The fourth-order valence-corrected chi connectivity index (χ4v) is 2.85. The van der Waals surface area contributed by atoms with Crippen LogP contribution in [0.5, 0.6) is 6.01 Å². The lowest BCUT2D eigenvalue weighted by molar-refractivity contribution is -0.192. The van der Waals surface area contributed by atoms with Gasteiger partial charge in [0, 0.05) is 33.2 Å². The van der Waals surface area contributed by atoms with E-state index in [1.165, 1.54) is 4.57 Å². The maximum absolute atomic E-state index is 12.6. The van der Waals surface area contributed by atoms with Crippen molar-refractivity contribution in [1.82, 2.24) is 24.4 Å². The highest BCUT2D eigenvalue weighted by atomic mass is 19.4. The summed E-state index contributed by atoms with van der Waals surface area (Å²) in [5, 5.41) is 10.5. The number of ether oxygens (including phenoxy) is 1. The van der Waals surface area contributed by atoms with Gasteiger partial charge < -0.3 is 20.1 Å². The minimum Gasteiger partial charge on any atom is -0.475 e. The topological polar surface area (TPSA) is 115 Å². The normalized spacial score (nSPS) is 13.8. The standard InChI is InChI=1S/C16H22N6O2.C2HF3O2/c1-4-6-9-22-12-13(20(3)16(22)23)18-15(24-5-2)19-14(12)21-10-7-17-8-11-21;3-2(4,5)1(6)7/h17H,5,7-11H2,1-3H3;(H,6,7). The van der Waals surface area contributed by atoms with E-state index in [1.54, 1.807) is 18.5 Å². The summed E-state index contributed by atoms with van der Waals surface area (Å²) in [6, 6.07) is 0.299. The van der Waals surface area contributed by atoms with Crippen molar-refractivity contribution in [3.63, 3.8) is 0 Å². The second kappa shape index (κ2) is 10.2. The van der Waals surface area contributed by atoms with Crippen LogP contribution in [-0.4, -0.2) is 69.1 Å². The van der Waals surface area contributed by atoms with E-state index in [2.05, 4.69) is 32.0 Å². The molecule has 10 nitrogen and oxygen atoms in total. The number of aryl methyl sites for hydroxylation is 1. The maximum atomic E-state index is 12.6. The number of nitrogens with one attached hydrogen (secondary N) is 1. The summed E-state index contributed by atoms with van der Waals surface area (Å²) in [4.78, 5) is 32.7. The van der Waals surface area contributed by atoms with Crippen molar-refractivity contribution >= 4 is 23.0 Å². The average molecular weight is 444 g/mol. The number of carbonyl (C=O) groups is 1. The number of hydrogen-bond acceptors (Lipinski definition) is 7. The van der Waals surface area contributed by atoms with E-state index in [0.717, 1.165) is 37.5 Å². The number of alkyl halides is 3. The number of imidazole rings is 1. The van der Waals surface area contributed by atoms with E-state index in [1.807, 2.05) is 6.92 Å². The molecule has 0 aliphatic carbocycles. The quantitative estimate of drug-likeness (QED) is 0.659.